The lowest BCUT2D eigenvalue weighted by molar-refractivity contribution is -0.312. The molecule has 124 valence electrons. The van der Waals surface area contributed by atoms with E-state index in [1.807, 2.05) is 0 Å². The molecule has 1 aromatic rings. The summed E-state index contributed by atoms with van der Waals surface area (Å²) in [4.78, 5) is 15.1. The Hall–Kier alpha value is -2.00. The molecule has 0 aliphatic carbocycles. The quantitative estimate of drug-likeness (QED) is 0.301. The molecule has 1 aromatic carbocycles. The fraction of sp³-hybridized carbons (Fsp3) is 0.500. The van der Waals surface area contributed by atoms with E-state index in [0.29, 0.717) is 0 Å². The molecule has 1 saturated heterocycles. The number of aliphatic hydroxyl groups is 3. The van der Waals surface area contributed by atoms with Gasteiger partial charge in [-0.25, -0.2) is 0 Å². The van der Waals surface area contributed by atoms with E-state index in [2.05, 4.69) is 10.0 Å². The minimum atomic E-state index is -2.50. The van der Waals surface area contributed by atoms with Crippen molar-refractivity contribution in [2.75, 3.05) is 13.7 Å². The van der Waals surface area contributed by atoms with Crippen LogP contribution in [0.3, 0.4) is 0 Å². The van der Waals surface area contributed by atoms with Crippen molar-refractivity contribution in [2.45, 2.75) is 30.2 Å². The van der Waals surface area contributed by atoms with Crippen LogP contribution in [-0.4, -0.2) is 65.0 Å². The Morgan fingerprint density at radius 1 is 1.43 bits per heavy atom. The summed E-state index contributed by atoms with van der Waals surface area (Å²) in [5.41, 5.74) is 5.96. The minimum Gasteiger partial charge on any atom is -0.388 e. The first-order valence-corrected chi connectivity index (χ1v) is 6.84. The molecule has 23 heavy (non-hydrogen) atoms. The minimum absolute atomic E-state index is 0.125. The summed E-state index contributed by atoms with van der Waals surface area (Å²) in [6.07, 6.45) is -6.17. The van der Waals surface area contributed by atoms with Crippen LogP contribution in [-0.2, 0) is 9.47 Å². The van der Waals surface area contributed by atoms with Gasteiger partial charge in [-0.2, -0.15) is 0 Å². The van der Waals surface area contributed by atoms with Crippen molar-refractivity contribution in [1.82, 2.24) is 0 Å². The summed E-state index contributed by atoms with van der Waals surface area (Å²) < 4.78 is 10.3. The summed E-state index contributed by atoms with van der Waals surface area (Å²) in [5.74, 6) is -0.848. The van der Waals surface area contributed by atoms with Crippen LogP contribution < -0.4 is 0 Å². The Morgan fingerprint density at radius 3 is 2.65 bits per heavy atom. The van der Waals surface area contributed by atoms with E-state index < -0.39 is 36.0 Å². The van der Waals surface area contributed by atoms with Crippen LogP contribution in [0.1, 0.15) is 10.4 Å². The van der Waals surface area contributed by atoms with Gasteiger partial charge < -0.3 is 24.8 Å². The maximum absolute atomic E-state index is 12.6. The molecule has 0 unspecified atom stereocenters. The second-order valence-electron chi connectivity index (χ2n) is 5.11. The molecule has 3 N–H and O–H groups in total. The van der Waals surface area contributed by atoms with Crippen LogP contribution in [0.4, 0.5) is 0 Å². The average molecular weight is 323 g/mol. The van der Waals surface area contributed by atoms with Gasteiger partial charge in [0, 0.05) is 17.6 Å². The number of carbonyl (C=O) groups excluding carboxylic acids is 1. The number of nitrogens with zero attached hydrogens (tertiary/aromatic N) is 3. The van der Waals surface area contributed by atoms with Gasteiger partial charge in [-0.15, -0.1) is 0 Å². The van der Waals surface area contributed by atoms with Crippen molar-refractivity contribution in [3.05, 3.63) is 46.3 Å². The normalized spacial score (nSPS) is 33.7. The summed E-state index contributed by atoms with van der Waals surface area (Å²) in [6.45, 7) is -0.288. The molecular formula is C14H17N3O6. The molecule has 1 heterocycles. The highest BCUT2D eigenvalue weighted by molar-refractivity contribution is 6.03. The number of hydrogen-bond acceptors (Lipinski definition) is 7. The van der Waals surface area contributed by atoms with Crippen LogP contribution in [0.25, 0.3) is 10.4 Å². The lowest BCUT2D eigenvalue weighted by atomic mass is 9.80. The largest absolute Gasteiger partial charge is 0.388 e. The van der Waals surface area contributed by atoms with E-state index in [-0.39, 0.29) is 12.1 Å². The molecule has 0 spiro atoms. The first-order chi connectivity index (χ1) is 11.0. The van der Waals surface area contributed by atoms with Gasteiger partial charge >= 0.3 is 0 Å². The summed E-state index contributed by atoms with van der Waals surface area (Å²) in [7, 11) is 1.18. The van der Waals surface area contributed by atoms with E-state index in [9.17, 15) is 20.1 Å². The van der Waals surface area contributed by atoms with Crippen molar-refractivity contribution in [3.8, 4) is 0 Å². The number of benzene rings is 1. The standard InChI is InChI=1S/C14H17N3O6/c1-22-13-14(21,11(19)8-5-3-2-4-6-8)12(20)10(18)9(23-13)7-16-17-15/h2-6,9-10,12-13,18,20-21H,7H2,1H3/t9-,10+,12+,13+,14-/m1/s1. The molecule has 9 heteroatoms. The number of methoxy groups -OCH3 is 1. The molecule has 2 rings (SSSR count). The predicted molar refractivity (Wildman–Crippen MR) is 77.4 cm³/mol. The third-order valence-electron chi connectivity index (χ3n) is 3.75. The van der Waals surface area contributed by atoms with Gasteiger partial charge in [-0.05, 0) is 5.53 Å². The topological polar surface area (TPSA) is 145 Å². The number of Topliss-reactive ketones (excluding diaryl/α,β-unsaturated/α-hetero) is 1. The van der Waals surface area contributed by atoms with Crippen molar-refractivity contribution >= 4 is 5.78 Å². The Labute approximate surface area is 131 Å². The molecule has 1 aliphatic rings. The van der Waals surface area contributed by atoms with E-state index >= 15 is 0 Å². The number of carbonyl (C=O) groups is 1. The Balaban J connectivity index is 2.36. The molecule has 0 aromatic heterocycles. The second kappa shape index (κ2) is 7.05. The lowest BCUT2D eigenvalue weighted by Gasteiger charge is -2.46. The second-order valence-corrected chi connectivity index (χ2v) is 5.11. The number of aliphatic hydroxyl groups excluding tert-OH is 2. The maximum Gasteiger partial charge on any atom is 0.207 e. The highest BCUT2D eigenvalue weighted by Gasteiger charge is 2.59. The summed E-state index contributed by atoms with van der Waals surface area (Å²) in [5, 5.41) is 34.4. The monoisotopic (exact) mass is 323 g/mol. The summed E-state index contributed by atoms with van der Waals surface area (Å²) >= 11 is 0. The Morgan fingerprint density at radius 2 is 2.09 bits per heavy atom. The molecule has 0 amide bonds. The molecule has 0 radical (unpaired) electrons. The molecule has 1 fully saturated rings. The van der Waals surface area contributed by atoms with E-state index in [4.69, 9.17) is 15.0 Å². The molecule has 9 nitrogen and oxygen atoms in total. The van der Waals surface area contributed by atoms with Crippen LogP contribution in [0.5, 0.6) is 0 Å². The van der Waals surface area contributed by atoms with Crippen molar-refractivity contribution in [1.29, 1.82) is 0 Å². The van der Waals surface area contributed by atoms with Crippen LogP contribution in [0.2, 0.25) is 0 Å². The molecule has 0 bridgehead atoms. The van der Waals surface area contributed by atoms with Gasteiger partial charge in [0.25, 0.3) is 0 Å². The van der Waals surface area contributed by atoms with Crippen LogP contribution >= 0.6 is 0 Å². The van der Waals surface area contributed by atoms with Crippen molar-refractivity contribution in [3.63, 3.8) is 0 Å². The highest BCUT2D eigenvalue weighted by atomic mass is 16.7. The third-order valence-corrected chi connectivity index (χ3v) is 3.75. The highest BCUT2D eigenvalue weighted by Crippen LogP contribution is 2.33. The van der Waals surface area contributed by atoms with Gasteiger partial charge in [-0.1, -0.05) is 35.4 Å². The van der Waals surface area contributed by atoms with Gasteiger partial charge in [0.15, 0.2) is 6.29 Å². The van der Waals surface area contributed by atoms with E-state index in [1.165, 1.54) is 19.2 Å². The zero-order chi connectivity index (χ0) is 17.0. The van der Waals surface area contributed by atoms with Crippen molar-refractivity contribution in [2.24, 2.45) is 5.11 Å². The number of rotatable bonds is 5. The molecule has 1 aliphatic heterocycles. The molecule has 5 atom stereocenters. The van der Waals surface area contributed by atoms with Crippen LogP contribution in [0, 0.1) is 0 Å². The smallest absolute Gasteiger partial charge is 0.207 e. The molecule has 0 saturated carbocycles. The van der Waals surface area contributed by atoms with Crippen LogP contribution in [0.15, 0.2) is 35.4 Å². The number of azide groups is 1. The lowest BCUT2D eigenvalue weighted by Crippen LogP contribution is -2.70. The first kappa shape index (κ1) is 17.4. The van der Waals surface area contributed by atoms with E-state index in [1.54, 1.807) is 18.2 Å². The Bertz CT molecular complexity index is 602. The third kappa shape index (κ3) is 3.06. The van der Waals surface area contributed by atoms with E-state index in [0.717, 1.165) is 0 Å². The fourth-order valence-corrected chi connectivity index (χ4v) is 2.51. The zero-order valence-corrected chi connectivity index (χ0v) is 12.3. The van der Waals surface area contributed by atoms with Gasteiger partial charge in [-0.3, -0.25) is 4.79 Å². The first-order valence-electron chi connectivity index (χ1n) is 6.84. The predicted octanol–water partition coefficient (Wildman–Crippen LogP) is 0.00380. The maximum atomic E-state index is 12.6. The zero-order valence-electron chi connectivity index (χ0n) is 12.3. The fourth-order valence-electron chi connectivity index (χ4n) is 2.51. The number of ketones is 1. The Kier molecular flexibility index (Phi) is 5.32. The average Bonchev–Trinajstić information content (AvgIpc) is 2.59. The van der Waals surface area contributed by atoms with Gasteiger partial charge in [0.2, 0.25) is 11.4 Å². The molecular weight excluding hydrogens is 306 g/mol. The van der Waals surface area contributed by atoms with Gasteiger partial charge in [0.05, 0.1) is 12.6 Å². The number of ether oxygens (including phenoxy) is 2. The van der Waals surface area contributed by atoms with Gasteiger partial charge in [0.1, 0.15) is 12.2 Å². The number of hydrogen-bond donors (Lipinski definition) is 3. The van der Waals surface area contributed by atoms with Crippen molar-refractivity contribution < 1.29 is 29.6 Å². The SMILES string of the molecule is CO[C@H]1O[C@H](CN=[N+]=[N-])[C@H](O)[C@H](O)[C@]1(O)C(=O)c1ccccc1. The summed E-state index contributed by atoms with van der Waals surface area (Å²) in [6, 6.07) is 7.79.